The third-order valence-electron chi connectivity index (χ3n) is 4.21. The van der Waals surface area contributed by atoms with Crippen LogP contribution in [0.3, 0.4) is 0 Å². The predicted octanol–water partition coefficient (Wildman–Crippen LogP) is 1.32. The maximum atomic E-state index is 12.0. The van der Waals surface area contributed by atoms with Crippen LogP contribution in [0.15, 0.2) is 24.3 Å². The molecule has 1 fully saturated rings. The summed E-state index contributed by atoms with van der Waals surface area (Å²) in [7, 11) is 0. The van der Waals surface area contributed by atoms with Crippen LogP contribution in [0.25, 0.3) is 0 Å². The summed E-state index contributed by atoms with van der Waals surface area (Å²) in [6, 6.07) is 0. The highest BCUT2D eigenvalue weighted by molar-refractivity contribution is 6.10. The van der Waals surface area contributed by atoms with Crippen LogP contribution in [-0.4, -0.2) is 11.8 Å². The first-order valence-corrected chi connectivity index (χ1v) is 5.37. The minimum Gasteiger partial charge on any atom is -0.295 e. The molecule has 3 heteroatoms. The number of hydrogen-bond acceptors (Lipinski definition) is 2. The van der Waals surface area contributed by atoms with Crippen molar-refractivity contribution in [2.24, 2.45) is 10.8 Å². The summed E-state index contributed by atoms with van der Waals surface area (Å²) in [4.78, 5) is 23.9. The first-order chi connectivity index (χ1) is 7.21. The maximum Gasteiger partial charge on any atom is 0.234 e. The highest BCUT2D eigenvalue weighted by Crippen LogP contribution is 2.58. The van der Waals surface area contributed by atoms with Crippen molar-refractivity contribution < 1.29 is 9.59 Å². The van der Waals surface area contributed by atoms with Gasteiger partial charge in [-0.3, -0.25) is 14.9 Å². The van der Waals surface area contributed by atoms with Crippen molar-refractivity contribution in [1.82, 2.24) is 5.32 Å². The zero-order valence-corrected chi connectivity index (χ0v) is 8.45. The lowest BCUT2D eigenvalue weighted by Crippen LogP contribution is -2.46. The fourth-order valence-electron chi connectivity index (χ4n) is 3.23. The van der Waals surface area contributed by atoms with Gasteiger partial charge in [0.2, 0.25) is 11.8 Å². The average Bonchev–Trinajstić information content (AvgIpc) is 2.50. The first kappa shape index (κ1) is 8.89. The largest absolute Gasteiger partial charge is 0.295 e. The molecule has 0 spiro atoms. The molecule has 0 bridgehead atoms. The standard InChI is InChI=1S/C12H13NO2/c14-9-11-5-1-2-6-12(11,10(15)13-9)8-4-3-7-11/h1-4H,5-8H2,(H,13,14,15). The Labute approximate surface area is 88.2 Å². The van der Waals surface area contributed by atoms with Gasteiger partial charge in [-0.2, -0.15) is 0 Å². The molecular weight excluding hydrogens is 190 g/mol. The van der Waals surface area contributed by atoms with Crippen molar-refractivity contribution in [2.75, 3.05) is 0 Å². The summed E-state index contributed by atoms with van der Waals surface area (Å²) < 4.78 is 0. The van der Waals surface area contributed by atoms with Crippen LogP contribution >= 0.6 is 0 Å². The molecule has 3 nitrogen and oxygen atoms in total. The number of carbonyl (C=O) groups is 2. The molecule has 3 rings (SSSR count). The fraction of sp³-hybridized carbons (Fsp3) is 0.500. The number of nitrogens with one attached hydrogen (secondary N) is 1. The van der Waals surface area contributed by atoms with Gasteiger partial charge in [0.25, 0.3) is 0 Å². The van der Waals surface area contributed by atoms with Crippen LogP contribution in [0.1, 0.15) is 25.7 Å². The number of amides is 2. The van der Waals surface area contributed by atoms with E-state index in [9.17, 15) is 9.59 Å². The molecule has 2 amide bonds. The monoisotopic (exact) mass is 203 g/mol. The third-order valence-corrected chi connectivity index (χ3v) is 4.21. The molecule has 1 saturated heterocycles. The van der Waals surface area contributed by atoms with Gasteiger partial charge in [-0.15, -0.1) is 0 Å². The minimum absolute atomic E-state index is 0.0683. The second-order valence-corrected chi connectivity index (χ2v) is 4.71. The molecule has 0 aromatic rings. The normalized spacial score (nSPS) is 42.4. The summed E-state index contributed by atoms with van der Waals surface area (Å²) >= 11 is 0. The summed E-state index contributed by atoms with van der Waals surface area (Å²) in [5.41, 5.74) is -0.957. The summed E-state index contributed by atoms with van der Waals surface area (Å²) in [6.07, 6.45) is 11.0. The Morgan fingerprint density at radius 1 is 0.800 bits per heavy atom. The van der Waals surface area contributed by atoms with E-state index in [2.05, 4.69) is 5.32 Å². The Morgan fingerprint density at radius 3 is 1.47 bits per heavy atom. The molecule has 0 aromatic heterocycles. The van der Waals surface area contributed by atoms with Crippen molar-refractivity contribution in [3.8, 4) is 0 Å². The van der Waals surface area contributed by atoms with E-state index in [1.54, 1.807) is 0 Å². The smallest absolute Gasteiger partial charge is 0.234 e. The number of hydrogen-bond donors (Lipinski definition) is 1. The van der Waals surface area contributed by atoms with Crippen LogP contribution in [0.4, 0.5) is 0 Å². The molecule has 0 radical (unpaired) electrons. The lowest BCUT2D eigenvalue weighted by atomic mass is 9.54. The molecule has 2 aliphatic carbocycles. The molecule has 1 N–H and O–H groups in total. The molecule has 78 valence electrons. The van der Waals surface area contributed by atoms with E-state index in [1.807, 2.05) is 24.3 Å². The molecule has 1 heterocycles. The Bertz CT molecular complexity index is 352. The van der Waals surface area contributed by atoms with Crippen molar-refractivity contribution in [1.29, 1.82) is 0 Å². The molecule has 0 saturated carbocycles. The van der Waals surface area contributed by atoms with E-state index in [4.69, 9.17) is 0 Å². The molecule has 0 unspecified atom stereocenters. The molecule has 3 aliphatic rings. The third kappa shape index (κ3) is 0.822. The lowest BCUT2D eigenvalue weighted by Gasteiger charge is -2.44. The molecule has 0 aromatic carbocycles. The molecule has 1 aliphatic heterocycles. The Balaban J connectivity index is 2.22. The zero-order valence-electron chi connectivity index (χ0n) is 8.45. The Hall–Kier alpha value is -1.38. The quantitative estimate of drug-likeness (QED) is 0.476. The number of rotatable bonds is 0. The number of carbonyl (C=O) groups excluding carboxylic acids is 2. The average molecular weight is 203 g/mol. The predicted molar refractivity (Wildman–Crippen MR) is 54.8 cm³/mol. The van der Waals surface area contributed by atoms with E-state index in [0.717, 1.165) is 0 Å². The van der Waals surface area contributed by atoms with Crippen LogP contribution < -0.4 is 5.32 Å². The Kier molecular flexibility index (Phi) is 1.54. The van der Waals surface area contributed by atoms with E-state index in [-0.39, 0.29) is 11.8 Å². The van der Waals surface area contributed by atoms with E-state index < -0.39 is 10.8 Å². The zero-order chi connectivity index (χ0) is 10.5. The lowest BCUT2D eigenvalue weighted by molar-refractivity contribution is -0.135. The topological polar surface area (TPSA) is 46.2 Å². The van der Waals surface area contributed by atoms with Crippen LogP contribution in [-0.2, 0) is 9.59 Å². The van der Waals surface area contributed by atoms with E-state index >= 15 is 0 Å². The van der Waals surface area contributed by atoms with Crippen molar-refractivity contribution in [2.45, 2.75) is 25.7 Å². The van der Waals surface area contributed by atoms with E-state index in [1.165, 1.54) is 0 Å². The number of allylic oxidation sites excluding steroid dienone is 4. The van der Waals surface area contributed by atoms with Crippen LogP contribution in [0.5, 0.6) is 0 Å². The van der Waals surface area contributed by atoms with Gasteiger partial charge in [0.15, 0.2) is 0 Å². The van der Waals surface area contributed by atoms with Gasteiger partial charge < -0.3 is 0 Å². The van der Waals surface area contributed by atoms with Crippen LogP contribution in [0.2, 0.25) is 0 Å². The molecule has 0 atom stereocenters. The summed E-state index contributed by atoms with van der Waals surface area (Å²) in [5, 5.41) is 2.52. The van der Waals surface area contributed by atoms with Gasteiger partial charge in [0, 0.05) is 0 Å². The van der Waals surface area contributed by atoms with Gasteiger partial charge in [-0.25, -0.2) is 0 Å². The van der Waals surface area contributed by atoms with Gasteiger partial charge in [-0.1, -0.05) is 24.3 Å². The molecule has 15 heavy (non-hydrogen) atoms. The summed E-state index contributed by atoms with van der Waals surface area (Å²) in [6.45, 7) is 0. The van der Waals surface area contributed by atoms with Crippen molar-refractivity contribution in [3.63, 3.8) is 0 Å². The van der Waals surface area contributed by atoms with Crippen LogP contribution in [0, 0.1) is 10.8 Å². The Morgan fingerprint density at radius 2 is 1.13 bits per heavy atom. The molecular formula is C12H13NO2. The van der Waals surface area contributed by atoms with Gasteiger partial charge in [0.1, 0.15) is 0 Å². The fourth-order valence-corrected chi connectivity index (χ4v) is 3.23. The van der Waals surface area contributed by atoms with Gasteiger partial charge >= 0.3 is 0 Å². The second-order valence-electron chi connectivity index (χ2n) is 4.71. The second kappa shape index (κ2) is 2.60. The maximum absolute atomic E-state index is 12.0. The highest BCUT2D eigenvalue weighted by atomic mass is 16.2. The summed E-state index contributed by atoms with van der Waals surface area (Å²) in [5.74, 6) is -0.137. The first-order valence-electron chi connectivity index (χ1n) is 5.37. The van der Waals surface area contributed by atoms with Crippen molar-refractivity contribution in [3.05, 3.63) is 24.3 Å². The number of imide groups is 1. The SMILES string of the molecule is O=C1NC(=O)C23CC=CCC12CC=CC3. The van der Waals surface area contributed by atoms with Gasteiger partial charge in [-0.05, 0) is 25.7 Å². The van der Waals surface area contributed by atoms with Crippen molar-refractivity contribution >= 4 is 11.8 Å². The highest BCUT2D eigenvalue weighted by Gasteiger charge is 2.65. The van der Waals surface area contributed by atoms with Gasteiger partial charge in [0.05, 0.1) is 10.8 Å². The minimum atomic E-state index is -0.479. The van der Waals surface area contributed by atoms with E-state index in [0.29, 0.717) is 25.7 Å².